The summed E-state index contributed by atoms with van der Waals surface area (Å²) >= 11 is 0. The lowest BCUT2D eigenvalue weighted by Gasteiger charge is -2.12. The van der Waals surface area contributed by atoms with E-state index in [1.165, 1.54) is 6.33 Å². The molecule has 4 N–H and O–H groups in total. The van der Waals surface area contributed by atoms with Crippen molar-refractivity contribution < 1.29 is 9.90 Å². The third kappa shape index (κ3) is 3.55. The second-order valence-corrected chi connectivity index (χ2v) is 4.49. The molecular weight excluding hydrogens is 258 g/mol. The van der Waals surface area contributed by atoms with Gasteiger partial charge in [0.1, 0.15) is 12.2 Å². The topological polar surface area (TPSA) is 103 Å². The van der Waals surface area contributed by atoms with E-state index in [1.54, 1.807) is 38.1 Å². The molecule has 0 spiro atoms. The van der Waals surface area contributed by atoms with Gasteiger partial charge in [-0.1, -0.05) is 12.1 Å². The summed E-state index contributed by atoms with van der Waals surface area (Å²) in [5.41, 5.74) is 1.45. The van der Waals surface area contributed by atoms with Crippen molar-refractivity contribution >= 4 is 11.7 Å². The number of carbonyl (C=O) groups excluding carboxylic acids is 1. The van der Waals surface area contributed by atoms with Crippen LogP contribution in [0.3, 0.4) is 0 Å². The van der Waals surface area contributed by atoms with E-state index in [0.29, 0.717) is 11.5 Å². The molecule has 0 aliphatic rings. The number of hydrogen-bond acceptors (Lipinski definition) is 4. The Morgan fingerprint density at radius 2 is 2.00 bits per heavy atom. The fourth-order valence-corrected chi connectivity index (χ4v) is 1.70. The number of benzene rings is 1. The minimum Gasteiger partial charge on any atom is -0.389 e. The summed E-state index contributed by atoms with van der Waals surface area (Å²) in [6.07, 6.45) is 0.865. The molecule has 0 radical (unpaired) electrons. The monoisotopic (exact) mass is 275 g/mol. The average molecular weight is 275 g/mol. The smallest absolute Gasteiger partial charge is 0.319 e. The van der Waals surface area contributed by atoms with Crippen molar-refractivity contribution in [2.75, 3.05) is 5.32 Å². The van der Waals surface area contributed by atoms with Crippen molar-refractivity contribution in [2.24, 2.45) is 0 Å². The second-order valence-electron chi connectivity index (χ2n) is 4.49. The molecule has 0 aliphatic heterocycles. The number of aromatic amines is 1. The summed E-state index contributed by atoms with van der Waals surface area (Å²) < 4.78 is 0. The molecule has 1 aromatic carbocycles. The van der Waals surface area contributed by atoms with Gasteiger partial charge < -0.3 is 15.7 Å². The predicted octanol–water partition coefficient (Wildman–Crippen LogP) is 1.74. The lowest BCUT2D eigenvalue weighted by Crippen LogP contribution is -2.31. The third-order valence-electron chi connectivity index (χ3n) is 2.84. The number of hydrogen-bond donors (Lipinski definition) is 4. The highest BCUT2D eigenvalue weighted by atomic mass is 16.3. The summed E-state index contributed by atoms with van der Waals surface area (Å²) in [4.78, 5) is 15.8. The lowest BCUT2D eigenvalue weighted by atomic mass is 10.1. The van der Waals surface area contributed by atoms with Crippen LogP contribution in [-0.2, 0) is 0 Å². The lowest BCUT2D eigenvalue weighted by molar-refractivity contribution is 0.199. The van der Waals surface area contributed by atoms with Crippen molar-refractivity contribution in [2.45, 2.75) is 26.0 Å². The first-order valence-corrected chi connectivity index (χ1v) is 6.27. The van der Waals surface area contributed by atoms with Crippen LogP contribution < -0.4 is 10.6 Å². The number of rotatable bonds is 4. The molecule has 2 atom stereocenters. The van der Waals surface area contributed by atoms with E-state index in [0.717, 1.165) is 5.56 Å². The fourth-order valence-electron chi connectivity index (χ4n) is 1.70. The van der Waals surface area contributed by atoms with E-state index in [9.17, 15) is 9.90 Å². The second kappa shape index (κ2) is 6.16. The molecule has 2 amide bonds. The largest absolute Gasteiger partial charge is 0.389 e. The maximum absolute atomic E-state index is 11.8. The van der Waals surface area contributed by atoms with Crippen molar-refractivity contribution in [3.63, 3.8) is 0 Å². The van der Waals surface area contributed by atoms with Gasteiger partial charge in [-0.2, -0.15) is 5.10 Å². The number of aromatic nitrogens is 3. The molecule has 1 aromatic heterocycles. The first kappa shape index (κ1) is 14.0. The van der Waals surface area contributed by atoms with Crippen LogP contribution in [-0.4, -0.2) is 26.3 Å². The molecule has 0 saturated carbocycles. The van der Waals surface area contributed by atoms with Gasteiger partial charge in [-0.15, -0.1) is 0 Å². The van der Waals surface area contributed by atoms with Crippen LogP contribution in [0.15, 0.2) is 30.6 Å². The Morgan fingerprint density at radius 3 is 2.55 bits per heavy atom. The number of nitrogens with zero attached hydrogens (tertiary/aromatic N) is 2. The third-order valence-corrected chi connectivity index (χ3v) is 2.84. The zero-order valence-corrected chi connectivity index (χ0v) is 11.3. The summed E-state index contributed by atoms with van der Waals surface area (Å²) in [6.45, 7) is 3.49. The van der Waals surface area contributed by atoms with Gasteiger partial charge in [0.05, 0.1) is 12.1 Å². The van der Waals surface area contributed by atoms with E-state index in [2.05, 4.69) is 25.8 Å². The van der Waals surface area contributed by atoms with Crippen molar-refractivity contribution in [1.29, 1.82) is 0 Å². The maximum atomic E-state index is 11.8. The molecule has 0 saturated heterocycles. The van der Waals surface area contributed by atoms with Crippen LogP contribution in [0.4, 0.5) is 10.5 Å². The Morgan fingerprint density at radius 1 is 1.30 bits per heavy atom. The molecule has 2 unspecified atom stereocenters. The summed E-state index contributed by atoms with van der Waals surface area (Å²) in [5.74, 6) is 0.588. The number of aliphatic hydroxyl groups excluding tert-OH is 1. The number of carbonyl (C=O) groups is 1. The minimum absolute atomic E-state index is 0.269. The molecule has 2 aromatic rings. The summed E-state index contributed by atoms with van der Waals surface area (Å²) in [7, 11) is 0. The molecule has 1 heterocycles. The molecule has 0 aliphatic carbocycles. The van der Waals surface area contributed by atoms with Gasteiger partial charge in [-0.3, -0.25) is 5.10 Å². The quantitative estimate of drug-likeness (QED) is 0.682. The zero-order valence-electron chi connectivity index (χ0n) is 11.3. The van der Waals surface area contributed by atoms with Gasteiger partial charge in [0.25, 0.3) is 0 Å². The fraction of sp³-hybridized carbons (Fsp3) is 0.308. The Kier molecular flexibility index (Phi) is 4.31. The van der Waals surface area contributed by atoms with Gasteiger partial charge in [-0.25, -0.2) is 9.78 Å². The molecule has 20 heavy (non-hydrogen) atoms. The van der Waals surface area contributed by atoms with Crippen molar-refractivity contribution in [1.82, 2.24) is 20.5 Å². The highest BCUT2D eigenvalue weighted by Gasteiger charge is 2.11. The number of urea groups is 1. The molecule has 7 heteroatoms. The average Bonchev–Trinajstić information content (AvgIpc) is 2.93. The standard InChI is InChI=1S/C13H17N5O2/c1-8(12-14-7-15-18-12)16-13(20)17-11-5-3-10(4-6-11)9(2)19/h3-9,19H,1-2H3,(H,14,15,18)(H2,16,17,20). The van der Waals surface area contributed by atoms with Gasteiger partial charge in [0.2, 0.25) is 0 Å². The van der Waals surface area contributed by atoms with Crippen LogP contribution in [0.5, 0.6) is 0 Å². The predicted molar refractivity (Wildman–Crippen MR) is 74.0 cm³/mol. The highest BCUT2D eigenvalue weighted by molar-refractivity contribution is 5.89. The molecule has 7 nitrogen and oxygen atoms in total. The van der Waals surface area contributed by atoms with Crippen LogP contribution in [0.25, 0.3) is 0 Å². The summed E-state index contributed by atoms with van der Waals surface area (Å²) in [5, 5.41) is 21.3. The summed E-state index contributed by atoms with van der Waals surface area (Å²) in [6, 6.07) is 6.40. The maximum Gasteiger partial charge on any atom is 0.319 e. The van der Waals surface area contributed by atoms with E-state index < -0.39 is 6.10 Å². The first-order valence-electron chi connectivity index (χ1n) is 6.27. The molecule has 2 rings (SSSR count). The van der Waals surface area contributed by atoms with Crippen molar-refractivity contribution in [3.8, 4) is 0 Å². The Labute approximate surface area is 116 Å². The van der Waals surface area contributed by atoms with Crippen LogP contribution in [0, 0.1) is 0 Å². The molecule has 106 valence electrons. The number of aliphatic hydroxyl groups is 1. The van der Waals surface area contributed by atoms with Crippen LogP contribution in [0.1, 0.15) is 37.4 Å². The Balaban J connectivity index is 1.91. The van der Waals surface area contributed by atoms with E-state index >= 15 is 0 Å². The Hall–Kier alpha value is -2.41. The SMILES string of the molecule is CC(O)c1ccc(NC(=O)NC(C)c2ncn[nH]2)cc1. The van der Waals surface area contributed by atoms with Gasteiger partial charge in [0.15, 0.2) is 0 Å². The number of anilines is 1. The minimum atomic E-state index is -0.524. The first-order chi connectivity index (χ1) is 9.56. The van der Waals surface area contributed by atoms with Gasteiger partial charge in [-0.05, 0) is 31.5 Å². The van der Waals surface area contributed by atoms with E-state index in [-0.39, 0.29) is 12.1 Å². The molecule has 0 bridgehead atoms. The van der Waals surface area contributed by atoms with Crippen LogP contribution >= 0.6 is 0 Å². The zero-order chi connectivity index (χ0) is 14.5. The van der Waals surface area contributed by atoms with Crippen LogP contribution in [0.2, 0.25) is 0 Å². The van der Waals surface area contributed by atoms with E-state index in [4.69, 9.17) is 0 Å². The normalized spacial score (nSPS) is 13.6. The van der Waals surface area contributed by atoms with Gasteiger partial charge in [0, 0.05) is 5.69 Å². The highest BCUT2D eigenvalue weighted by Crippen LogP contribution is 2.15. The number of nitrogens with one attached hydrogen (secondary N) is 3. The van der Waals surface area contributed by atoms with Crippen molar-refractivity contribution in [3.05, 3.63) is 42.0 Å². The number of H-pyrrole nitrogens is 1. The Bertz CT molecular complexity index is 551. The molecular formula is C13H17N5O2. The number of amides is 2. The molecule has 0 fully saturated rings. The van der Waals surface area contributed by atoms with E-state index in [1.807, 2.05) is 0 Å². The van der Waals surface area contributed by atoms with Gasteiger partial charge >= 0.3 is 6.03 Å².